The van der Waals surface area contributed by atoms with Crippen molar-refractivity contribution >= 4 is 11.6 Å². The Hall–Kier alpha value is -1.68. The van der Waals surface area contributed by atoms with Crippen LogP contribution >= 0.6 is 0 Å². The fourth-order valence-corrected chi connectivity index (χ4v) is 1.29. The topological polar surface area (TPSA) is 41.1 Å². The van der Waals surface area contributed by atoms with Crippen molar-refractivity contribution in [2.24, 2.45) is 0 Å². The molecule has 0 heterocycles. The number of hydrogen-bond acceptors (Lipinski definition) is 2. The molecule has 1 aromatic rings. The second-order valence-corrected chi connectivity index (χ2v) is 3.59. The molecule has 92 valence electrons. The van der Waals surface area contributed by atoms with E-state index in [1.165, 1.54) is 24.3 Å². The van der Waals surface area contributed by atoms with Crippen molar-refractivity contribution in [3.8, 4) is 0 Å². The summed E-state index contributed by atoms with van der Waals surface area (Å²) < 4.78 is 12.6. The molecule has 0 aliphatic rings. The molecule has 0 saturated heterocycles. The first kappa shape index (κ1) is 13.4. The summed E-state index contributed by atoms with van der Waals surface area (Å²) in [6.45, 7) is 2.98. The van der Waals surface area contributed by atoms with Gasteiger partial charge in [-0.15, -0.1) is 0 Å². The van der Waals surface area contributed by atoms with E-state index in [1.54, 1.807) is 0 Å². The fourth-order valence-electron chi connectivity index (χ4n) is 1.29. The summed E-state index contributed by atoms with van der Waals surface area (Å²) in [6.07, 6.45) is 4.91. The van der Waals surface area contributed by atoms with E-state index in [1.807, 2.05) is 19.1 Å². The Labute approximate surface area is 101 Å². The average Bonchev–Trinajstić information content (AvgIpc) is 2.32. The zero-order chi connectivity index (χ0) is 12.5. The number of nitrogens with one attached hydrogen (secondary N) is 2. The molecular formula is C13H17FN2O. The maximum atomic E-state index is 12.6. The van der Waals surface area contributed by atoms with Gasteiger partial charge in [0, 0.05) is 5.69 Å². The SMILES string of the molecule is C/C=C/CCNCC(=O)Nc1ccc(F)cc1. The number of allylic oxidation sites excluding steroid dienone is 1. The molecule has 0 unspecified atom stereocenters. The third kappa shape index (κ3) is 5.82. The van der Waals surface area contributed by atoms with Crippen LogP contribution in [0, 0.1) is 5.82 Å². The van der Waals surface area contributed by atoms with Crippen LogP contribution in [-0.4, -0.2) is 19.0 Å². The second-order valence-electron chi connectivity index (χ2n) is 3.59. The van der Waals surface area contributed by atoms with Crippen LogP contribution in [0.5, 0.6) is 0 Å². The molecule has 1 amide bonds. The first-order valence-electron chi connectivity index (χ1n) is 5.59. The van der Waals surface area contributed by atoms with Gasteiger partial charge in [0.25, 0.3) is 0 Å². The number of rotatable bonds is 6. The van der Waals surface area contributed by atoms with Gasteiger partial charge in [-0.1, -0.05) is 12.2 Å². The molecule has 0 aliphatic carbocycles. The van der Waals surface area contributed by atoms with Crippen molar-refractivity contribution in [3.05, 3.63) is 42.2 Å². The zero-order valence-corrected chi connectivity index (χ0v) is 9.87. The molecule has 0 fully saturated rings. The predicted octanol–water partition coefficient (Wildman–Crippen LogP) is 2.32. The quantitative estimate of drug-likeness (QED) is 0.588. The Morgan fingerprint density at radius 2 is 2.06 bits per heavy atom. The monoisotopic (exact) mass is 236 g/mol. The Bertz CT molecular complexity index is 374. The molecule has 1 rings (SSSR count). The maximum absolute atomic E-state index is 12.6. The van der Waals surface area contributed by atoms with Gasteiger partial charge in [-0.3, -0.25) is 4.79 Å². The van der Waals surface area contributed by atoms with Crippen LogP contribution in [0.25, 0.3) is 0 Å². The van der Waals surface area contributed by atoms with Crippen molar-refractivity contribution in [1.29, 1.82) is 0 Å². The van der Waals surface area contributed by atoms with Gasteiger partial charge in [-0.25, -0.2) is 4.39 Å². The fraction of sp³-hybridized carbons (Fsp3) is 0.308. The number of anilines is 1. The zero-order valence-electron chi connectivity index (χ0n) is 9.87. The average molecular weight is 236 g/mol. The predicted molar refractivity (Wildman–Crippen MR) is 67.3 cm³/mol. The van der Waals surface area contributed by atoms with E-state index in [9.17, 15) is 9.18 Å². The molecular weight excluding hydrogens is 219 g/mol. The first-order valence-corrected chi connectivity index (χ1v) is 5.59. The van der Waals surface area contributed by atoms with Crippen molar-refractivity contribution in [3.63, 3.8) is 0 Å². The Kier molecular flexibility index (Phi) is 5.96. The summed E-state index contributed by atoms with van der Waals surface area (Å²) in [7, 11) is 0. The molecule has 0 aromatic heterocycles. The van der Waals surface area contributed by atoms with Crippen molar-refractivity contribution in [2.45, 2.75) is 13.3 Å². The molecule has 0 spiro atoms. The Morgan fingerprint density at radius 1 is 1.35 bits per heavy atom. The smallest absolute Gasteiger partial charge is 0.238 e. The molecule has 4 heteroatoms. The largest absolute Gasteiger partial charge is 0.325 e. The standard InChI is InChI=1S/C13H17FN2O/c1-2-3-4-9-15-10-13(17)16-12-7-5-11(14)6-8-12/h2-3,5-8,15H,4,9-10H2,1H3,(H,16,17)/b3-2+. The van der Waals surface area contributed by atoms with Gasteiger partial charge in [0.2, 0.25) is 5.91 Å². The number of hydrogen-bond donors (Lipinski definition) is 2. The summed E-state index contributed by atoms with van der Waals surface area (Å²) in [6, 6.07) is 5.70. The lowest BCUT2D eigenvalue weighted by Crippen LogP contribution is -2.28. The lowest BCUT2D eigenvalue weighted by molar-refractivity contribution is -0.115. The molecule has 0 aliphatic heterocycles. The molecule has 17 heavy (non-hydrogen) atoms. The summed E-state index contributed by atoms with van der Waals surface area (Å²) in [5.74, 6) is -0.440. The van der Waals surface area contributed by atoms with Gasteiger partial charge < -0.3 is 10.6 Å². The minimum Gasteiger partial charge on any atom is -0.325 e. The highest BCUT2D eigenvalue weighted by Gasteiger charge is 2.00. The van der Waals surface area contributed by atoms with Crippen LogP contribution in [-0.2, 0) is 4.79 Å². The molecule has 2 N–H and O–H groups in total. The Balaban J connectivity index is 2.23. The molecule has 1 aromatic carbocycles. The van der Waals surface area contributed by atoms with Gasteiger partial charge in [-0.2, -0.15) is 0 Å². The minimum absolute atomic E-state index is 0.128. The van der Waals surface area contributed by atoms with Crippen LogP contribution < -0.4 is 10.6 Å². The number of carbonyl (C=O) groups is 1. The van der Waals surface area contributed by atoms with Crippen molar-refractivity contribution in [2.75, 3.05) is 18.4 Å². The highest BCUT2D eigenvalue weighted by molar-refractivity contribution is 5.92. The maximum Gasteiger partial charge on any atom is 0.238 e. The van der Waals surface area contributed by atoms with E-state index in [4.69, 9.17) is 0 Å². The third-order valence-electron chi connectivity index (χ3n) is 2.14. The van der Waals surface area contributed by atoms with Gasteiger partial charge in [0.05, 0.1) is 6.54 Å². The third-order valence-corrected chi connectivity index (χ3v) is 2.14. The van der Waals surface area contributed by atoms with Gasteiger partial charge in [0.15, 0.2) is 0 Å². The van der Waals surface area contributed by atoms with E-state index in [0.717, 1.165) is 13.0 Å². The first-order chi connectivity index (χ1) is 8.22. The molecule has 0 atom stereocenters. The normalized spacial score (nSPS) is 10.7. The molecule has 0 saturated carbocycles. The van der Waals surface area contributed by atoms with E-state index < -0.39 is 0 Å². The van der Waals surface area contributed by atoms with E-state index in [0.29, 0.717) is 5.69 Å². The van der Waals surface area contributed by atoms with Gasteiger partial charge in [0.1, 0.15) is 5.82 Å². The van der Waals surface area contributed by atoms with Crippen molar-refractivity contribution < 1.29 is 9.18 Å². The highest BCUT2D eigenvalue weighted by Crippen LogP contribution is 2.07. The molecule has 0 bridgehead atoms. The summed E-state index contributed by atoms with van der Waals surface area (Å²) >= 11 is 0. The molecule has 3 nitrogen and oxygen atoms in total. The van der Waals surface area contributed by atoms with E-state index in [2.05, 4.69) is 10.6 Å². The molecule has 0 radical (unpaired) electrons. The van der Waals surface area contributed by atoms with Crippen LogP contribution in [0.1, 0.15) is 13.3 Å². The lowest BCUT2D eigenvalue weighted by Gasteiger charge is -2.05. The lowest BCUT2D eigenvalue weighted by atomic mass is 10.3. The summed E-state index contributed by atoms with van der Waals surface area (Å²) in [5.41, 5.74) is 0.603. The highest BCUT2D eigenvalue weighted by atomic mass is 19.1. The number of amides is 1. The number of halogens is 1. The minimum atomic E-state index is -0.313. The summed E-state index contributed by atoms with van der Waals surface area (Å²) in [4.78, 5) is 11.4. The van der Waals surface area contributed by atoms with Crippen LogP contribution in [0.15, 0.2) is 36.4 Å². The van der Waals surface area contributed by atoms with Gasteiger partial charge >= 0.3 is 0 Å². The van der Waals surface area contributed by atoms with E-state index in [-0.39, 0.29) is 18.3 Å². The van der Waals surface area contributed by atoms with Crippen LogP contribution in [0.2, 0.25) is 0 Å². The van der Waals surface area contributed by atoms with Crippen LogP contribution in [0.3, 0.4) is 0 Å². The Morgan fingerprint density at radius 3 is 2.71 bits per heavy atom. The van der Waals surface area contributed by atoms with Crippen LogP contribution in [0.4, 0.5) is 10.1 Å². The summed E-state index contributed by atoms with van der Waals surface area (Å²) in [5, 5.41) is 5.69. The number of carbonyl (C=O) groups excluding carboxylic acids is 1. The van der Waals surface area contributed by atoms with E-state index >= 15 is 0 Å². The van der Waals surface area contributed by atoms with Gasteiger partial charge in [-0.05, 0) is 44.2 Å². The number of benzene rings is 1. The van der Waals surface area contributed by atoms with Crippen molar-refractivity contribution in [1.82, 2.24) is 5.32 Å². The second kappa shape index (κ2) is 7.57.